The number of carbonyl (C=O) groups excluding carboxylic acids is 1. The first kappa shape index (κ1) is 13.2. The highest BCUT2D eigenvalue weighted by molar-refractivity contribution is 6.31. The summed E-state index contributed by atoms with van der Waals surface area (Å²) in [5.41, 5.74) is 0.260. The van der Waals surface area contributed by atoms with Crippen molar-refractivity contribution in [2.24, 2.45) is 0 Å². The van der Waals surface area contributed by atoms with Crippen molar-refractivity contribution in [3.8, 4) is 22.8 Å². The van der Waals surface area contributed by atoms with Gasteiger partial charge in [0.1, 0.15) is 5.82 Å². The van der Waals surface area contributed by atoms with Crippen LogP contribution in [-0.4, -0.2) is 16.1 Å². The Morgan fingerprint density at radius 2 is 2.05 bits per heavy atom. The number of amides is 1. The Balaban J connectivity index is 2.50. The Bertz CT molecular complexity index is 653. The van der Waals surface area contributed by atoms with Gasteiger partial charge in [-0.25, -0.2) is 4.39 Å². The molecule has 1 aromatic heterocycles. The average molecular weight is 286 g/mol. The topological polar surface area (TPSA) is 82.7 Å². The molecule has 1 amide bonds. The van der Waals surface area contributed by atoms with E-state index in [0.717, 1.165) is 6.07 Å². The molecule has 0 unspecified atom stereocenters. The second kappa shape index (κ2) is 4.81. The van der Waals surface area contributed by atoms with Gasteiger partial charge in [0, 0.05) is 12.5 Å². The molecule has 0 radical (unpaired) electrons. The first-order valence-corrected chi connectivity index (χ1v) is 5.55. The number of aromatic hydroxyl groups is 2. The van der Waals surface area contributed by atoms with Crippen molar-refractivity contribution in [1.29, 1.82) is 0 Å². The van der Waals surface area contributed by atoms with E-state index in [2.05, 4.69) is 5.32 Å². The summed E-state index contributed by atoms with van der Waals surface area (Å²) in [5, 5.41) is 21.3. The molecule has 0 aliphatic heterocycles. The molecule has 0 fully saturated rings. The largest absolute Gasteiger partial charge is 0.502 e. The lowest BCUT2D eigenvalue weighted by Crippen LogP contribution is -2.04. The zero-order valence-corrected chi connectivity index (χ0v) is 10.5. The smallest absolute Gasteiger partial charge is 0.246 e. The van der Waals surface area contributed by atoms with Crippen LogP contribution in [0.25, 0.3) is 11.3 Å². The third-order valence-electron chi connectivity index (χ3n) is 2.33. The van der Waals surface area contributed by atoms with Gasteiger partial charge in [-0.3, -0.25) is 10.1 Å². The molecular formula is C12H9ClFNO4. The molecule has 0 bridgehead atoms. The lowest BCUT2D eigenvalue weighted by atomic mass is 10.1. The molecule has 0 saturated heterocycles. The monoisotopic (exact) mass is 285 g/mol. The van der Waals surface area contributed by atoms with Crippen molar-refractivity contribution in [3.63, 3.8) is 0 Å². The summed E-state index contributed by atoms with van der Waals surface area (Å²) in [7, 11) is 0. The van der Waals surface area contributed by atoms with Gasteiger partial charge in [-0.15, -0.1) is 0 Å². The molecular weight excluding hydrogens is 277 g/mol. The molecule has 100 valence electrons. The number of benzene rings is 1. The Labute approximate surface area is 112 Å². The van der Waals surface area contributed by atoms with E-state index in [0.29, 0.717) is 0 Å². The van der Waals surface area contributed by atoms with Gasteiger partial charge in [0.25, 0.3) is 0 Å². The highest BCUT2D eigenvalue weighted by Gasteiger charge is 2.21. The fourth-order valence-corrected chi connectivity index (χ4v) is 1.67. The van der Waals surface area contributed by atoms with Gasteiger partial charge in [0.05, 0.1) is 5.02 Å². The second-order valence-electron chi connectivity index (χ2n) is 3.77. The van der Waals surface area contributed by atoms with E-state index in [1.54, 1.807) is 0 Å². The van der Waals surface area contributed by atoms with Crippen LogP contribution in [0.5, 0.6) is 11.5 Å². The summed E-state index contributed by atoms with van der Waals surface area (Å²) >= 11 is 5.62. The van der Waals surface area contributed by atoms with Crippen molar-refractivity contribution < 1.29 is 23.8 Å². The third-order valence-corrected chi connectivity index (χ3v) is 2.62. The molecule has 0 saturated carbocycles. The number of furan rings is 1. The van der Waals surface area contributed by atoms with E-state index < -0.39 is 23.2 Å². The SMILES string of the molecule is CC(=O)Nc1oc(-c2ccc(F)c(Cl)c2)c(O)c1O. The van der Waals surface area contributed by atoms with Gasteiger partial charge < -0.3 is 14.6 Å². The van der Waals surface area contributed by atoms with Crippen LogP contribution in [0, 0.1) is 5.82 Å². The average Bonchev–Trinajstić information content (AvgIpc) is 2.60. The van der Waals surface area contributed by atoms with Gasteiger partial charge in [-0.2, -0.15) is 0 Å². The Morgan fingerprint density at radius 1 is 1.37 bits per heavy atom. The highest BCUT2D eigenvalue weighted by atomic mass is 35.5. The normalized spacial score (nSPS) is 10.5. The minimum absolute atomic E-state index is 0.122. The van der Waals surface area contributed by atoms with E-state index in [9.17, 15) is 19.4 Å². The summed E-state index contributed by atoms with van der Waals surface area (Å²) < 4.78 is 18.2. The van der Waals surface area contributed by atoms with Crippen LogP contribution in [-0.2, 0) is 4.79 Å². The lowest BCUT2D eigenvalue weighted by molar-refractivity contribution is -0.114. The fraction of sp³-hybridized carbons (Fsp3) is 0.0833. The van der Waals surface area contributed by atoms with E-state index in [-0.39, 0.29) is 22.2 Å². The van der Waals surface area contributed by atoms with Gasteiger partial charge in [0.2, 0.25) is 23.3 Å². The Morgan fingerprint density at radius 3 is 2.63 bits per heavy atom. The van der Waals surface area contributed by atoms with Crippen LogP contribution in [0.15, 0.2) is 22.6 Å². The zero-order chi connectivity index (χ0) is 14.2. The van der Waals surface area contributed by atoms with E-state index in [1.165, 1.54) is 19.1 Å². The van der Waals surface area contributed by atoms with E-state index in [4.69, 9.17) is 16.0 Å². The first-order chi connectivity index (χ1) is 8.90. The molecule has 0 atom stereocenters. The fourth-order valence-electron chi connectivity index (χ4n) is 1.49. The van der Waals surface area contributed by atoms with E-state index >= 15 is 0 Å². The molecule has 0 aliphatic rings. The predicted molar refractivity (Wildman–Crippen MR) is 66.7 cm³/mol. The molecule has 2 aromatic rings. The molecule has 7 heteroatoms. The van der Waals surface area contributed by atoms with Crippen molar-refractivity contribution in [2.45, 2.75) is 6.92 Å². The van der Waals surface area contributed by atoms with Crippen LogP contribution in [0.4, 0.5) is 10.3 Å². The van der Waals surface area contributed by atoms with Crippen LogP contribution >= 0.6 is 11.6 Å². The summed E-state index contributed by atoms with van der Waals surface area (Å²) in [6, 6.07) is 3.64. The Kier molecular flexibility index (Phi) is 3.35. The number of nitrogens with one attached hydrogen (secondary N) is 1. The summed E-state index contributed by atoms with van der Waals surface area (Å²) in [4.78, 5) is 10.9. The maximum Gasteiger partial charge on any atom is 0.246 e. The van der Waals surface area contributed by atoms with Gasteiger partial charge in [-0.1, -0.05) is 11.6 Å². The summed E-state index contributed by atoms with van der Waals surface area (Å²) in [6.45, 7) is 1.22. The van der Waals surface area contributed by atoms with Gasteiger partial charge in [0.15, 0.2) is 5.76 Å². The number of anilines is 1. The van der Waals surface area contributed by atoms with Crippen LogP contribution in [0.3, 0.4) is 0 Å². The van der Waals surface area contributed by atoms with Crippen LogP contribution in [0.1, 0.15) is 6.92 Å². The lowest BCUT2D eigenvalue weighted by Gasteiger charge is -1.99. The van der Waals surface area contributed by atoms with Crippen LogP contribution < -0.4 is 5.32 Å². The predicted octanol–water partition coefficient (Wildman–Crippen LogP) is 3.11. The minimum Gasteiger partial charge on any atom is -0.502 e. The van der Waals surface area contributed by atoms with Crippen molar-refractivity contribution >= 4 is 23.4 Å². The quantitative estimate of drug-likeness (QED) is 0.792. The molecule has 2 rings (SSSR count). The van der Waals surface area contributed by atoms with Crippen molar-refractivity contribution in [1.82, 2.24) is 0 Å². The third kappa shape index (κ3) is 2.48. The summed E-state index contributed by atoms with van der Waals surface area (Å²) in [5.74, 6) is -2.68. The van der Waals surface area contributed by atoms with E-state index in [1.807, 2.05) is 0 Å². The van der Waals surface area contributed by atoms with Gasteiger partial charge >= 0.3 is 0 Å². The second-order valence-corrected chi connectivity index (χ2v) is 4.17. The maximum absolute atomic E-state index is 13.0. The number of hydrogen-bond acceptors (Lipinski definition) is 4. The summed E-state index contributed by atoms with van der Waals surface area (Å²) in [6.07, 6.45) is 0. The molecule has 1 aromatic carbocycles. The standard InChI is InChI=1S/C12H9ClFNO4/c1-5(16)15-12-10(18)9(17)11(19-12)6-2-3-8(14)7(13)4-6/h2-4,17-18H,1H3,(H,15,16). The molecule has 19 heavy (non-hydrogen) atoms. The molecule has 3 N–H and O–H groups in total. The highest BCUT2D eigenvalue weighted by Crippen LogP contribution is 2.45. The van der Waals surface area contributed by atoms with Crippen molar-refractivity contribution in [2.75, 3.05) is 5.32 Å². The number of halogens is 2. The minimum atomic E-state index is -0.622. The number of hydrogen-bond donors (Lipinski definition) is 3. The first-order valence-electron chi connectivity index (χ1n) is 5.18. The zero-order valence-electron chi connectivity index (χ0n) is 9.70. The molecule has 0 aliphatic carbocycles. The van der Waals surface area contributed by atoms with Gasteiger partial charge in [-0.05, 0) is 18.2 Å². The Hall–Kier alpha value is -2.21. The molecule has 1 heterocycles. The molecule has 5 nitrogen and oxygen atoms in total. The number of rotatable bonds is 2. The maximum atomic E-state index is 13.0. The van der Waals surface area contributed by atoms with Crippen LogP contribution in [0.2, 0.25) is 5.02 Å². The number of carbonyl (C=O) groups is 1. The molecule has 0 spiro atoms. The van der Waals surface area contributed by atoms with Crippen molar-refractivity contribution in [3.05, 3.63) is 29.0 Å².